The standard InChI is InChI=1S/C16H23NO2/c1-3-15(18)13-8-4-5-9-14(13)17(2)12-16(19)10-6-7-11-16/h4-5,8-9,19H,3,6-7,10-12H2,1-2H3. The maximum atomic E-state index is 12.0. The summed E-state index contributed by atoms with van der Waals surface area (Å²) in [5.41, 5.74) is 1.10. The van der Waals surface area contributed by atoms with Gasteiger partial charge in [0.1, 0.15) is 0 Å². The van der Waals surface area contributed by atoms with Gasteiger partial charge in [-0.3, -0.25) is 4.79 Å². The fraction of sp³-hybridized carbons (Fsp3) is 0.562. The molecule has 0 heterocycles. The molecule has 1 saturated carbocycles. The maximum Gasteiger partial charge on any atom is 0.164 e. The summed E-state index contributed by atoms with van der Waals surface area (Å²) in [6.45, 7) is 2.48. The van der Waals surface area contributed by atoms with Crippen LogP contribution in [0.5, 0.6) is 0 Å². The highest BCUT2D eigenvalue weighted by Gasteiger charge is 2.32. The number of Topliss-reactive ketones (excluding diaryl/α,β-unsaturated/α-hetero) is 1. The number of carbonyl (C=O) groups is 1. The second-order valence-corrected chi connectivity index (χ2v) is 5.58. The van der Waals surface area contributed by atoms with Gasteiger partial charge in [-0.05, 0) is 25.0 Å². The van der Waals surface area contributed by atoms with Gasteiger partial charge >= 0.3 is 0 Å². The van der Waals surface area contributed by atoms with Gasteiger partial charge in [-0.15, -0.1) is 0 Å². The molecule has 19 heavy (non-hydrogen) atoms. The maximum absolute atomic E-state index is 12.0. The van der Waals surface area contributed by atoms with Crippen LogP contribution in [0.4, 0.5) is 5.69 Å². The molecule has 1 fully saturated rings. The summed E-state index contributed by atoms with van der Waals surface area (Å²) in [6, 6.07) is 7.67. The van der Waals surface area contributed by atoms with Gasteiger partial charge in [0, 0.05) is 31.3 Å². The first-order valence-electron chi connectivity index (χ1n) is 7.11. The number of rotatable bonds is 5. The van der Waals surface area contributed by atoms with Gasteiger partial charge in [-0.2, -0.15) is 0 Å². The Morgan fingerprint density at radius 1 is 1.32 bits per heavy atom. The largest absolute Gasteiger partial charge is 0.388 e. The Morgan fingerprint density at radius 3 is 2.58 bits per heavy atom. The van der Waals surface area contributed by atoms with E-state index in [-0.39, 0.29) is 5.78 Å². The summed E-state index contributed by atoms with van der Waals surface area (Å²) >= 11 is 0. The molecule has 1 aromatic carbocycles. The molecule has 0 aromatic heterocycles. The highest BCUT2D eigenvalue weighted by Crippen LogP contribution is 2.32. The van der Waals surface area contributed by atoms with Crippen LogP contribution in [0.15, 0.2) is 24.3 Å². The fourth-order valence-corrected chi connectivity index (χ4v) is 2.95. The molecule has 0 atom stereocenters. The van der Waals surface area contributed by atoms with Crippen molar-refractivity contribution >= 4 is 11.5 Å². The average Bonchev–Trinajstić information content (AvgIpc) is 2.84. The number of anilines is 1. The average molecular weight is 261 g/mol. The molecule has 1 aliphatic carbocycles. The molecular weight excluding hydrogens is 238 g/mol. The molecule has 104 valence electrons. The van der Waals surface area contributed by atoms with Gasteiger partial charge in [0.2, 0.25) is 0 Å². The molecule has 1 aromatic rings. The van der Waals surface area contributed by atoms with E-state index in [1.807, 2.05) is 43.1 Å². The minimum atomic E-state index is -0.586. The molecule has 3 nitrogen and oxygen atoms in total. The van der Waals surface area contributed by atoms with Gasteiger partial charge in [-0.1, -0.05) is 31.9 Å². The molecule has 1 aliphatic rings. The summed E-state index contributed by atoms with van der Waals surface area (Å²) in [6.07, 6.45) is 4.43. The zero-order valence-electron chi connectivity index (χ0n) is 11.9. The first kappa shape index (κ1) is 14.1. The number of nitrogens with zero attached hydrogens (tertiary/aromatic N) is 1. The van der Waals surface area contributed by atoms with Crippen molar-refractivity contribution in [2.24, 2.45) is 0 Å². The Morgan fingerprint density at radius 2 is 1.95 bits per heavy atom. The molecule has 0 spiro atoms. The Labute approximate surface area is 115 Å². The highest BCUT2D eigenvalue weighted by atomic mass is 16.3. The lowest BCUT2D eigenvalue weighted by molar-refractivity contribution is 0.0558. The minimum absolute atomic E-state index is 0.154. The van der Waals surface area contributed by atoms with Crippen LogP contribution in [0, 0.1) is 0 Å². The monoisotopic (exact) mass is 261 g/mol. The molecule has 2 rings (SSSR count). The van der Waals surface area contributed by atoms with E-state index in [9.17, 15) is 9.90 Å². The second kappa shape index (κ2) is 5.74. The zero-order chi connectivity index (χ0) is 13.9. The summed E-state index contributed by atoms with van der Waals surface area (Å²) < 4.78 is 0. The lowest BCUT2D eigenvalue weighted by Crippen LogP contribution is -2.39. The summed E-state index contributed by atoms with van der Waals surface area (Å²) in [7, 11) is 1.96. The van der Waals surface area contributed by atoms with E-state index >= 15 is 0 Å². The predicted molar refractivity (Wildman–Crippen MR) is 77.8 cm³/mol. The van der Waals surface area contributed by atoms with E-state index < -0.39 is 5.60 Å². The number of hydrogen-bond acceptors (Lipinski definition) is 3. The van der Waals surface area contributed by atoms with Crippen LogP contribution in [-0.4, -0.2) is 30.1 Å². The molecular formula is C16H23NO2. The minimum Gasteiger partial charge on any atom is -0.388 e. The van der Waals surface area contributed by atoms with E-state index in [0.717, 1.165) is 36.9 Å². The predicted octanol–water partition coefficient (Wildman–Crippen LogP) is 3.02. The number of ketones is 1. The van der Waals surface area contributed by atoms with Gasteiger partial charge in [-0.25, -0.2) is 0 Å². The smallest absolute Gasteiger partial charge is 0.164 e. The van der Waals surface area contributed by atoms with E-state index in [1.165, 1.54) is 0 Å². The third kappa shape index (κ3) is 3.16. The number of hydrogen-bond donors (Lipinski definition) is 1. The number of likely N-dealkylation sites (N-methyl/N-ethyl adjacent to an activating group) is 1. The van der Waals surface area contributed by atoms with Crippen molar-refractivity contribution in [3.8, 4) is 0 Å². The zero-order valence-corrected chi connectivity index (χ0v) is 11.9. The topological polar surface area (TPSA) is 40.5 Å². The van der Waals surface area contributed by atoms with E-state index in [4.69, 9.17) is 0 Å². The number of para-hydroxylation sites is 1. The molecule has 0 saturated heterocycles. The van der Waals surface area contributed by atoms with E-state index in [2.05, 4.69) is 0 Å². The Kier molecular flexibility index (Phi) is 4.25. The summed E-state index contributed by atoms with van der Waals surface area (Å²) in [5.74, 6) is 0.154. The van der Waals surface area contributed by atoms with Crippen LogP contribution in [0.1, 0.15) is 49.4 Å². The van der Waals surface area contributed by atoms with Gasteiger partial charge in [0.05, 0.1) is 5.60 Å². The normalized spacial score (nSPS) is 17.4. The summed E-state index contributed by atoms with van der Waals surface area (Å²) in [4.78, 5) is 14.0. The van der Waals surface area contributed by atoms with Crippen molar-refractivity contribution in [1.82, 2.24) is 0 Å². The van der Waals surface area contributed by atoms with Crippen LogP contribution >= 0.6 is 0 Å². The van der Waals surface area contributed by atoms with Crippen molar-refractivity contribution < 1.29 is 9.90 Å². The van der Waals surface area contributed by atoms with Crippen LogP contribution < -0.4 is 4.90 Å². The third-order valence-corrected chi connectivity index (χ3v) is 4.00. The number of carbonyl (C=O) groups excluding carboxylic acids is 1. The lowest BCUT2D eigenvalue weighted by Gasteiger charge is -2.31. The first-order chi connectivity index (χ1) is 9.06. The van der Waals surface area contributed by atoms with Gasteiger partial charge in [0.15, 0.2) is 5.78 Å². The first-order valence-corrected chi connectivity index (χ1v) is 7.11. The third-order valence-electron chi connectivity index (χ3n) is 4.00. The van der Waals surface area contributed by atoms with Gasteiger partial charge < -0.3 is 10.0 Å². The Bertz CT molecular complexity index is 450. The van der Waals surface area contributed by atoms with Gasteiger partial charge in [0.25, 0.3) is 0 Å². The fourth-order valence-electron chi connectivity index (χ4n) is 2.95. The molecule has 3 heteroatoms. The van der Waals surface area contributed by atoms with Crippen molar-refractivity contribution in [3.05, 3.63) is 29.8 Å². The van der Waals surface area contributed by atoms with Crippen molar-refractivity contribution in [2.75, 3.05) is 18.5 Å². The lowest BCUT2D eigenvalue weighted by atomic mass is 10.00. The van der Waals surface area contributed by atoms with Crippen molar-refractivity contribution in [3.63, 3.8) is 0 Å². The Balaban J connectivity index is 2.19. The van der Waals surface area contributed by atoms with E-state index in [1.54, 1.807) is 0 Å². The van der Waals surface area contributed by atoms with Crippen LogP contribution in [0.25, 0.3) is 0 Å². The van der Waals surface area contributed by atoms with Crippen molar-refractivity contribution in [2.45, 2.75) is 44.6 Å². The molecule has 0 bridgehead atoms. The van der Waals surface area contributed by atoms with Crippen molar-refractivity contribution in [1.29, 1.82) is 0 Å². The highest BCUT2D eigenvalue weighted by molar-refractivity contribution is 6.01. The summed E-state index contributed by atoms with van der Waals surface area (Å²) in [5, 5.41) is 10.5. The number of benzene rings is 1. The molecule has 0 radical (unpaired) electrons. The van der Waals surface area contributed by atoms with Crippen LogP contribution in [-0.2, 0) is 0 Å². The molecule has 1 N–H and O–H groups in total. The quantitative estimate of drug-likeness (QED) is 0.828. The second-order valence-electron chi connectivity index (χ2n) is 5.58. The SMILES string of the molecule is CCC(=O)c1ccccc1N(C)CC1(O)CCCC1. The van der Waals surface area contributed by atoms with E-state index in [0.29, 0.717) is 13.0 Å². The Hall–Kier alpha value is -1.35. The molecule has 0 aliphatic heterocycles. The molecule has 0 amide bonds. The molecule has 0 unspecified atom stereocenters. The number of aliphatic hydroxyl groups is 1. The van der Waals surface area contributed by atoms with Crippen LogP contribution in [0.2, 0.25) is 0 Å². The van der Waals surface area contributed by atoms with Crippen LogP contribution in [0.3, 0.4) is 0 Å².